The van der Waals surface area contributed by atoms with E-state index in [1.165, 1.54) is 0 Å². The van der Waals surface area contributed by atoms with E-state index in [0.29, 0.717) is 11.3 Å². The van der Waals surface area contributed by atoms with Crippen molar-refractivity contribution in [1.82, 2.24) is 9.97 Å². The molecule has 0 atom stereocenters. The zero-order valence-electron chi connectivity index (χ0n) is 4.68. The number of nitrogens with one attached hydrogen (secondary N) is 2. The summed E-state index contributed by atoms with van der Waals surface area (Å²) < 4.78 is 0.630. The van der Waals surface area contributed by atoms with Crippen LogP contribution in [0.25, 0.3) is 0 Å². The van der Waals surface area contributed by atoms with E-state index in [0.717, 1.165) is 5.69 Å². The molecule has 52 valence electrons. The first-order valence-electron chi connectivity index (χ1n) is 2.29. The largest absolute Gasteiger partial charge is 0.337 e. The molecule has 1 heterocycles. The predicted octanol–water partition coefficient (Wildman–Crippen LogP) is 0.953. The van der Waals surface area contributed by atoms with Crippen molar-refractivity contribution in [2.24, 2.45) is 5.73 Å². The summed E-state index contributed by atoms with van der Waals surface area (Å²) in [6.45, 7) is 0.507. The van der Waals surface area contributed by atoms with E-state index in [2.05, 4.69) is 9.97 Å². The quantitative estimate of drug-likeness (QED) is 0.543. The third-order valence-corrected chi connectivity index (χ3v) is 1.09. The van der Waals surface area contributed by atoms with Gasteiger partial charge in [-0.3, -0.25) is 0 Å². The Labute approximate surface area is 64.1 Å². The third kappa shape index (κ3) is 2.17. The van der Waals surface area contributed by atoms with Gasteiger partial charge in [-0.15, -0.1) is 12.4 Å². The van der Waals surface area contributed by atoms with Crippen LogP contribution in [0.1, 0.15) is 5.69 Å². The normalized spacial score (nSPS) is 8.56. The summed E-state index contributed by atoms with van der Waals surface area (Å²) in [4.78, 5) is 5.66. The van der Waals surface area contributed by atoms with Crippen molar-refractivity contribution in [3.8, 4) is 0 Å². The molecule has 0 aliphatic rings. The van der Waals surface area contributed by atoms with E-state index in [9.17, 15) is 0 Å². The molecule has 0 aliphatic heterocycles. The van der Waals surface area contributed by atoms with Gasteiger partial charge in [0.1, 0.15) is 0 Å². The highest BCUT2D eigenvalue weighted by Crippen LogP contribution is 1.88. The maximum absolute atomic E-state index is 5.27. The van der Waals surface area contributed by atoms with Gasteiger partial charge in [-0.05, 0) is 12.2 Å². The molecule has 0 saturated carbocycles. The number of halogens is 1. The first-order valence-corrected chi connectivity index (χ1v) is 2.70. The topological polar surface area (TPSA) is 57.6 Å². The summed E-state index contributed by atoms with van der Waals surface area (Å²) in [6, 6.07) is 0. The van der Waals surface area contributed by atoms with Crippen LogP contribution in [0.5, 0.6) is 0 Å². The van der Waals surface area contributed by atoms with Crippen molar-refractivity contribution < 1.29 is 0 Å². The smallest absolute Gasteiger partial charge is 0.174 e. The highest BCUT2D eigenvalue weighted by Gasteiger charge is 1.85. The second-order valence-corrected chi connectivity index (χ2v) is 1.88. The van der Waals surface area contributed by atoms with Gasteiger partial charge in [0.15, 0.2) is 4.77 Å². The molecule has 0 amide bonds. The monoisotopic (exact) mass is 165 g/mol. The summed E-state index contributed by atoms with van der Waals surface area (Å²) in [5.74, 6) is 0. The zero-order valence-corrected chi connectivity index (χ0v) is 6.31. The van der Waals surface area contributed by atoms with Crippen molar-refractivity contribution >= 4 is 24.6 Å². The summed E-state index contributed by atoms with van der Waals surface area (Å²) in [7, 11) is 0. The number of H-pyrrole nitrogens is 2. The third-order valence-electron chi connectivity index (χ3n) is 0.871. The fourth-order valence-corrected chi connectivity index (χ4v) is 0.671. The van der Waals surface area contributed by atoms with Gasteiger partial charge >= 0.3 is 0 Å². The van der Waals surface area contributed by atoms with Crippen LogP contribution >= 0.6 is 24.6 Å². The van der Waals surface area contributed by atoms with Crippen molar-refractivity contribution in [2.45, 2.75) is 6.54 Å². The Morgan fingerprint density at radius 2 is 2.33 bits per heavy atom. The molecule has 0 unspecified atom stereocenters. The molecule has 0 aromatic carbocycles. The maximum Gasteiger partial charge on any atom is 0.174 e. The molecule has 9 heavy (non-hydrogen) atoms. The second-order valence-electron chi connectivity index (χ2n) is 1.47. The van der Waals surface area contributed by atoms with E-state index >= 15 is 0 Å². The number of imidazole rings is 1. The molecule has 3 nitrogen and oxygen atoms in total. The van der Waals surface area contributed by atoms with Crippen LogP contribution in [0, 0.1) is 4.77 Å². The van der Waals surface area contributed by atoms with Crippen LogP contribution in [-0.2, 0) is 6.54 Å². The fraction of sp³-hybridized carbons (Fsp3) is 0.250. The standard InChI is InChI=1S/C4H7N3S.ClH/c5-1-3-2-6-4(8)7-3;/h2H,1,5H2,(H2,6,7,8);1H. The van der Waals surface area contributed by atoms with Crippen LogP contribution in [0.15, 0.2) is 6.20 Å². The molecule has 0 radical (unpaired) electrons. The van der Waals surface area contributed by atoms with Gasteiger partial charge in [-0.25, -0.2) is 0 Å². The highest BCUT2D eigenvalue weighted by molar-refractivity contribution is 7.71. The molecular formula is C4H8ClN3S. The second kappa shape index (κ2) is 3.66. The van der Waals surface area contributed by atoms with Crippen LogP contribution < -0.4 is 5.73 Å². The van der Waals surface area contributed by atoms with Gasteiger partial charge in [0.25, 0.3) is 0 Å². The minimum absolute atomic E-state index is 0. The summed E-state index contributed by atoms with van der Waals surface area (Å²) in [6.07, 6.45) is 1.77. The molecule has 1 rings (SSSR count). The maximum atomic E-state index is 5.27. The Morgan fingerprint density at radius 1 is 1.67 bits per heavy atom. The molecule has 0 saturated heterocycles. The number of aromatic amines is 2. The fourth-order valence-electron chi connectivity index (χ4n) is 0.481. The van der Waals surface area contributed by atoms with Gasteiger partial charge in [0.05, 0.1) is 0 Å². The van der Waals surface area contributed by atoms with Crippen molar-refractivity contribution in [3.05, 3.63) is 16.7 Å². The van der Waals surface area contributed by atoms with Crippen LogP contribution in [0.3, 0.4) is 0 Å². The Hall–Kier alpha value is -0.320. The SMILES string of the molecule is Cl.NCc1c[nH]c(=S)[nH]1. The lowest BCUT2D eigenvalue weighted by molar-refractivity contribution is 1.01. The number of rotatable bonds is 1. The lowest BCUT2D eigenvalue weighted by Gasteiger charge is -1.80. The highest BCUT2D eigenvalue weighted by atomic mass is 35.5. The van der Waals surface area contributed by atoms with Crippen molar-refractivity contribution in [3.63, 3.8) is 0 Å². The molecule has 1 aromatic heterocycles. The Kier molecular flexibility index (Phi) is 3.53. The first-order chi connectivity index (χ1) is 3.83. The van der Waals surface area contributed by atoms with Gasteiger partial charge in [-0.2, -0.15) is 0 Å². The van der Waals surface area contributed by atoms with E-state index in [-0.39, 0.29) is 12.4 Å². The molecule has 5 heteroatoms. The number of hydrogen-bond acceptors (Lipinski definition) is 2. The Balaban J connectivity index is 0.000000640. The minimum Gasteiger partial charge on any atom is -0.337 e. The Morgan fingerprint density at radius 3 is 2.56 bits per heavy atom. The van der Waals surface area contributed by atoms with E-state index < -0.39 is 0 Å². The summed E-state index contributed by atoms with van der Waals surface area (Å²) >= 11 is 4.73. The molecular weight excluding hydrogens is 158 g/mol. The van der Waals surface area contributed by atoms with E-state index in [1.807, 2.05) is 0 Å². The van der Waals surface area contributed by atoms with Crippen LogP contribution in [-0.4, -0.2) is 9.97 Å². The van der Waals surface area contributed by atoms with Gasteiger partial charge in [0.2, 0.25) is 0 Å². The average molecular weight is 166 g/mol. The van der Waals surface area contributed by atoms with E-state index in [1.54, 1.807) is 6.20 Å². The predicted molar refractivity (Wildman–Crippen MR) is 41.1 cm³/mol. The number of aromatic nitrogens is 2. The summed E-state index contributed by atoms with van der Waals surface area (Å²) in [5, 5.41) is 0. The van der Waals surface area contributed by atoms with Gasteiger partial charge < -0.3 is 15.7 Å². The van der Waals surface area contributed by atoms with Gasteiger partial charge in [0, 0.05) is 18.4 Å². The van der Waals surface area contributed by atoms with Crippen LogP contribution in [0.2, 0.25) is 0 Å². The molecule has 0 fully saturated rings. The van der Waals surface area contributed by atoms with Crippen LogP contribution in [0.4, 0.5) is 0 Å². The molecule has 0 bridgehead atoms. The Bertz CT molecular complexity index is 216. The molecule has 1 aromatic rings. The number of nitrogens with two attached hydrogens (primary N) is 1. The summed E-state index contributed by atoms with van der Waals surface area (Å²) in [5.41, 5.74) is 6.21. The van der Waals surface area contributed by atoms with Crippen molar-refractivity contribution in [1.29, 1.82) is 0 Å². The zero-order chi connectivity index (χ0) is 5.98. The average Bonchev–Trinajstić information content (AvgIpc) is 2.14. The minimum atomic E-state index is 0. The lowest BCUT2D eigenvalue weighted by atomic mass is 10.5. The molecule has 0 spiro atoms. The molecule has 0 aliphatic carbocycles. The van der Waals surface area contributed by atoms with E-state index in [4.69, 9.17) is 18.0 Å². The molecule has 4 N–H and O–H groups in total. The lowest BCUT2D eigenvalue weighted by Crippen LogP contribution is -1.94. The first kappa shape index (κ1) is 8.68. The number of hydrogen-bond donors (Lipinski definition) is 3. The van der Waals surface area contributed by atoms with Gasteiger partial charge in [-0.1, -0.05) is 0 Å². The van der Waals surface area contributed by atoms with Crippen molar-refractivity contribution in [2.75, 3.05) is 0 Å².